The van der Waals surface area contributed by atoms with Crippen LogP contribution in [0.4, 0.5) is 0 Å². The van der Waals surface area contributed by atoms with E-state index in [0.717, 1.165) is 25.9 Å². The lowest BCUT2D eigenvalue weighted by atomic mass is 10.2. The Morgan fingerprint density at radius 1 is 1.19 bits per heavy atom. The molecule has 1 saturated heterocycles. The molecule has 0 bridgehead atoms. The van der Waals surface area contributed by atoms with Crippen molar-refractivity contribution in [2.75, 3.05) is 19.7 Å². The number of para-hydroxylation sites is 1. The third-order valence-corrected chi connectivity index (χ3v) is 4.84. The molecule has 1 aliphatic heterocycles. The van der Waals surface area contributed by atoms with E-state index in [4.69, 9.17) is 9.47 Å². The average molecular weight is 370 g/mol. The van der Waals surface area contributed by atoms with Crippen LogP contribution in [0, 0.1) is 0 Å². The normalized spacial score (nSPS) is 17.0. The van der Waals surface area contributed by atoms with Gasteiger partial charge in [-0.15, -0.1) is 0 Å². The number of likely N-dealkylation sites (N-methyl/N-ethyl adjacent to an activating group) is 1. The molecule has 27 heavy (non-hydrogen) atoms. The standard InChI is InChI=1S/C21H26N2O4/c1-3-23-12-8-9-16(23)13-22-14-18(21(25)26-4-2)20(24)19(15-22)27-17-10-6-5-7-11-17/h5-7,10-11,14-16H,3-4,8-9,12-13H2,1-2H3. The van der Waals surface area contributed by atoms with E-state index in [1.165, 1.54) is 0 Å². The number of rotatable bonds is 7. The van der Waals surface area contributed by atoms with Crippen molar-refractivity contribution in [2.45, 2.75) is 39.3 Å². The number of ether oxygens (including phenoxy) is 2. The van der Waals surface area contributed by atoms with Crippen LogP contribution in [0.15, 0.2) is 47.5 Å². The van der Waals surface area contributed by atoms with E-state index in [-0.39, 0.29) is 17.9 Å². The summed E-state index contributed by atoms with van der Waals surface area (Å²) in [6.07, 6.45) is 5.54. The highest BCUT2D eigenvalue weighted by atomic mass is 16.5. The second-order valence-corrected chi connectivity index (χ2v) is 6.62. The van der Waals surface area contributed by atoms with Crippen molar-refractivity contribution in [2.24, 2.45) is 0 Å². The van der Waals surface area contributed by atoms with Gasteiger partial charge in [-0.2, -0.15) is 0 Å². The molecule has 3 rings (SSSR count). The molecule has 0 radical (unpaired) electrons. The summed E-state index contributed by atoms with van der Waals surface area (Å²) < 4.78 is 12.7. The van der Waals surface area contributed by atoms with E-state index >= 15 is 0 Å². The van der Waals surface area contributed by atoms with Gasteiger partial charge in [0.05, 0.1) is 12.8 Å². The predicted octanol–water partition coefficient (Wildman–Crippen LogP) is 3.30. The summed E-state index contributed by atoms with van der Waals surface area (Å²) in [5, 5.41) is 0. The van der Waals surface area contributed by atoms with Gasteiger partial charge in [-0.3, -0.25) is 9.69 Å². The van der Waals surface area contributed by atoms with Gasteiger partial charge in [0.2, 0.25) is 5.43 Å². The van der Waals surface area contributed by atoms with Crippen molar-refractivity contribution in [3.63, 3.8) is 0 Å². The van der Waals surface area contributed by atoms with Crippen LogP contribution in [0.2, 0.25) is 0 Å². The van der Waals surface area contributed by atoms with E-state index in [1.807, 2.05) is 22.8 Å². The van der Waals surface area contributed by atoms with Crippen LogP contribution in [-0.2, 0) is 11.3 Å². The Morgan fingerprint density at radius 3 is 2.67 bits per heavy atom. The summed E-state index contributed by atoms with van der Waals surface area (Å²) in [5.74, 6) is 0.0690. The molecule has 0 spiro atoms. The minimum absolute atomic E-state index is 0.00586. The minimum atomic E-state index is -0.617. The molecule has 1 atom stereocenters. The first-order valence-electron chi connectivity index (χ1n) is 9.50. The Morgan fingerprint density at radius 2 is 1.96 bits per heavy atom. The van der Waals surface area contributed by atoms with Gasteiger partial charge in [-0.25, -0.2) is 4.79 Å². The highest BCUT2D eigenvalue weighted by molar-refractivity contribution is 5.89. The van der Waals surface area contributed by atoms with Crippen molar-refractivity contribution >= 4 is 5.97 Å². The summed E-state index contributed by atoms with van der Waals surface area (Å²) in [7, 11) is 0. The number of carbonyl (C=O) groups excluding carboxylic acids is 1. The molecule has 2 heterocycles. The minimum Gasteiger partial charge on any atom is -0.462 e. The topological polar surface area (TPSA) is 60.8 Å². The number of nitrogens with zero attached hydrogens (tertiary/aromatic N) is 2. The lowest BCUT2D eigenvalue weighted by molar-refractivity contribution is 0.0523. The van der Waals surface area contributed by atoms with Crippen LogP contribution in [0.25, 0.3) is 0 Å². The van der Waals surface area contributed by atoms with Crippen molar-refractivity contribution < 1.29 is 14.3 Å². The fraction of sp³-hybridized carbons (Fsp3) is 0.429. The second-order valence-electron chi connectivity index (χ2n) is 6.62. The van der Waals surface area contributed by atoms with Crippen molar-refractivity contribution in [1.82, 2.24) is 9.47 Å². The van der Waals surface area contributed by atoms with Gasteiger partial charge in [-0.05, 0) is 45.0 Å². The second kappa shape index (κ2) is 8.86. The summed E-state index contributed by atoms with van der Waals surface area (Å²) in [5.41, 5.74) is -0.446. The van der Waals surface area contributed by atoms with E-state index < -0.39 is 11.4 Å². The van der Waals surface area contributed by atoms with Gasteiger partial charge in [0.15, 0.2) is 5.75 Å². The first-order valence-corrected chi connectivity index (χ1v) is 9.50. The fourth-order valence-electron chi connectivity index (χ4n) is 3.51. The van der Waals surface area contributed by atoms with E-state index in [0.29, 0.717) is 18.3 Å². The lowest BCUT2D eigenvalue weighted by Gasteiger charge is -2.24. The van der Waals surface area contributed by atoms with E-state index in [2.05, 4.69) is 11.8 Å². The molecule has 0 N–H and O–H groups in total. The molecule has 6 heteroatoms. The number of benzene rings is 1. The Kier molecular flexibility index (Phi) is 6.29. The van der Waals surface area contributed by atoms with Crippen LogP contribution >= 0.6 is 0 Å². The zero-order valence-corrected chi connectivity index (χ0v) is 15.9. The van der Waals surface area contributed by atoms with Gasteiger partial charge in [-0.1, -0.05) is 25.1 Å². The van der Waals surface area contributed by atoms with Crippen LogP contribution in [0.5, 0.6) is 11.5 Å². The molecule has 6 nitrogen and oxygen atoms in total. The van der Waals surface area contributed by atoms with Crippen LogP contribution in [0.1, 0.15) is 37.0 Å². The smallest absolute Gasteiger partial charge is 0.343 e. The summed E-state index contributed by atoms with van der Waals surface area (Å²) >= 11 is 0. The summed E-state index contributed by atoms with van der Waals surface area (Å²) in [4.78, 5) is 27.4. The maximum atomic E-state index is 12.7. The Hall–Kier alpha value is -2.60. The van der Waals surface area contributed by atoms with Crippen LogP contribution < -0.4 is 10.2 Å². The number of hydrogen-bond acceptors (Lipinski definition) is 5. The first-order chi connectivity index (χ1) is 13.1. The molecule has 0 amide bonds. The maximum Gasteiger partial charge on any atom is 0.343 e. The SMILES string of the molecule is CCOC(=O)c1cn(CC2CCCN2CC)cc(Oc2ccccc2)c1=O. The van der Waals surface area contributed by atoms with E-state index in [1.54, 1.807) is 31.5 Å². The molecular formula is C21H26N2O4. The number of hydrogen-bond donors (Lipinski definition) is 0. The molecule has 1 aromatic heterocycles. The molecule has 1 unspecified atom stereocenters. The zero-order valence-electron chi connectivity index (χ0n) is 15.9. The Bertz CT molecular complexity index is 832. The van der Waals surface area contributed by atoms with Gasteiger partial charge in [0.1, 0.15) is 11.3 Å². The number of esters is 1. The monoisotopic (exact) mass is 370 g/mol. The Labute approximate surface area is 159 Å². The number of likely N-dealkylation sites (tertiary alicyclic amines) is 1. The van der Waals surface area contributed by atoms with Gasteiger partial charge >= 0.3 is 5.97 Å². The zero-order chi connectivity index (χ0) is 19.2. The highest BCUT2D eigenvalue weighted by Crippen LogP contribution is 2.21. The van der Waals surface area contributed by atoms with Gasteiger partial charge < -0.3 is 14.0 Å². The molecule has 0 saturated carbocycles. The molecule has 0 aliphatic carbocycles. The van der Waals surface area contributed by atoms with Gasteiger partial charge in [0, 0.05) is 18.8 Å². The largest absolute Gasteiger partial charge is 0.462 e. The van der Waals surface area contributed by atoms with Gasteiger partial charge in [0.25, 0.3) is 0 Å². The number of carbonyl (C=O) groups is 1. The average Bonchev–Trinajstić information content (AvgIpc) is 3.12. The third-order valence-electron chi connectivity index (χ3n) is 4.84. The molecule has 144 valence electrons. The third kappa shape index (κ3) is 4.57. The van der Waals surface area contributed by atoms with Crippen LogP contribution in [-0.4, -0.2) is 41.2 Å². The predicted molar refractivity (Wildman–Crippen MR) is 103 cm³/mol. The summed E-state index contributed by atoms with van der Waals surface area (Å²) in [6, 6.07) is 9.48. The maximum absolute atomic E-state index is 12.7. The van der Waals surface area contributed by atoms with Crippen molar-refractivity contribution in [1.29, 1.82) is 0 Å². The Balaban J connectivity index is 1.94. The fourth-order valence-corrected chi connectivity index (χ4v) is 3.51. The number of pyridine rings is 1. The lowest BCUT2D eigenvalue weighted by Crippen LogP contribution is -2.33. The summed E-state index contributed by atoms with van der Waals surface area (Å²) in [6.45, 7) is 6.86. The first kappa shape index (κ1) is 19.2. The van der Waals surface area contributed by atoms with Crippen molar-refractivity contribution in [3.05, 3.63) is 58.5 Å². The van der Waals surface area contributed by atoms with E-state index in [9.17, 15) is 9.59 Å². The molecule has 1 fully saturated rings. The van der Waals surface area contributed by atoms with Crippen LogP contribution in [0.3, 0.4) is 0 Å². The highest BCUT2D eigenvalue weighted by Gasteiger charge is 2.24. The molecule has 2 aromatic rings. The number of aromatic nitrogens is 1. The molecule has 1 aromatic carbocycles. The quantitative estimate of drug-likeness (QED) is 0.700. The van der Waals surface area contributed by atoms with Crippen molar-refractivity contribution in [3.8, 4) is 11.5 Å². The molecule has 1 aliphatic rings. The molecular weight excluding hydrogens is 344 g/mol.